The summed E-state index contributed by atoms with van der Waals surface area (Å²) < 4.78 is 10.7. The van der Waals surface area contributed by atoms with Gasteiger partial charge in [-0.05, 0) is 23.8 Å². The van der Waals surface area contributed by atoms with Gasteiger partial charge in [-0.2, -0.15) is 0 Å². The zero-order valence-electron chi connectivity index (χ0n) is 18.4. The molecule has 1 unspecified atom stereocenters. The normalized spacial score (nSPS) is 15.4. The highest BCUT2D eigenvalue weighted by molar-refractivity contribution is 5.79. The third-order valence-corrected chi connectivity index (χ3v) is 5.99. The second-order valence-corrected chi connectivity index (χ2v) is 7.83. The predicted molar refractivity (Wildman–Crippen MR) is 123 cm³/mol. The van der Waals surface area contributed by atoms with Gasteiger partial charge in [0.25, 0.3) is 0 Å². The molecule has 1 aliphatic rings. The molecule has 0 bridgehead atoms. The first-order valence-corrected chi connectivity index (χ1v) is 10.7. The lowest BCUT2D eigenvalue weighted by Gasteiger charge is -2.21. The van der Waals surface area contributed by atoms with Crippen molar-refractivity contribution >= 4 is 17.2 Å². The molecular formula is C25H23N5O3. The van der Waals surface area contributed by atoms with Crippen LogP contribution in [0.25, 0.3) is 22.0 Å². The van der Waals surface area contributed by atoms with Crippen LogP contribution in [0.2, 0.25) is 0 Å². The number of nitrogens with zero attached hydrogens (tertiary/aromatic N) is 5. The molecule has 8 heteroatoms. The molecule has 0 saturated heterocycles. The summed E-state index contributed by atoms with van der Waals surface area (Å²) in [5.74, 6) is 0.740. The molecule has 5 rings (SSSR count). The van der Waals surface area contributed by atoms with E-state index < -0.39 is 6.04 Å². The van der Waals surface area contributed by atoms with Crippen LogP contribution >= 0.6 is 0 Å². The highest BCUT2D eigenvalue weighted by Gasteiger charge is 2.34. The highest BCUT2D eigenvalue weighted by atomic mass is 16.5. The average Bonchev–Trinajstić information content (AvgIpc) is 3.24. The number of aldehydes is 1. The minimum absolute atomic E-state index is 0.368. The Labute approximate surface area is 191 Å². The lowest BCUT2D eigenvalue weighted by atomic mass is 9.97. The second-order valence-electron chi connectivity index (χ2n) is 7.83. The highest BCUT2D eigenvalue weighted by Crippen LogP contribution is 2.41. The van der Waals surface area contributed by atoms with Gasteiger partial charge in [-0.15, -0.1) is 10.2 Å². The lowest BCUT2D eigenvalue weighted by molar-refractivity contribution is -0.112. The molecule has 4 aromatic rings. The SMILES string of the molecule is COc1cc(-c2ccnc3c2C(C=O)N(CCc2ccc4ccccc4n2)C3)c(OC)nn1. The summed E-state index contributed by atoms with van der Waals surface area (Å²) in [5.41, 5.74) is 5.26. The van der Waals surface area contributed by atoms with Crippen molar-refractivity contribution in [3.63, 3.8) is 0 Å². The third-order valence-electron chi connectivity index (χ3n) is 5.99. The summed E-state index contributed by atoms with van der Waals surface area (Å²) >= 11 is 0. The molecule has 0 amide bonds. The zero-order valence-corrected chi connectivity index (χ0v) is 18.4. The number of fused-ring (bicyclic) bond motifs is 2. The largest absolute Gasteiger partial charge is 0.480 e. The first kappa shape index (κ1) is 21.0. The van der Waals surface area contributed by atoms with E-state index in [-0.39, 0.29) is 0 Å². The van der Waals surface area contributed by atoms with Crippen LogP contribution in [0.15, 0.2) is 54.7 Å². The maximum atomic E-state index is 12.3. The molecule has 1 aromatic carbocycles. The zero-order chi connectivity index (χ0) is 22.8. The fourth-order valence-corrected chi connectivity index (χ4v) is 4.36. The molecule has 33 heavy (non-hydrogen) atoms. The van der Waals surface area contributed by atoms with Gasteiger partial charge < -0.3 is 14.3 Å². The molecule has 1 aliphatic heterocycles. The van der Waals surface area contributed by atoms with Gasteiger partial charge in [0.05, 0.1) is 37.0 Å². The van der Waals surface area contributed by atoms with Crippen molar-refractivity contribution in [3.8, 4) is 22.9 Å². The van der Waals surface area contributed by atoms with Crippen molar-refractivity contribution in [2.45, 2.75) is 19.0 Å². The van der Waals surface area contributed by atoms with Gasteiger partial charge in [0, 0.05) is 48.4 Å². The van der Waals surface area contributed by atoms with Gasteiger partial charge in [-0.3, -0.25) is 14.9 Å². The molecule has 0 N–H and O–H groups in total. The van der Waals surface area contributed by atoms with Crippen LogP contribution in [0.1, 0.15) is 23.0 Å². The first-order chi connectivity index (χ1) is 16.2. The standard InChI is InChI=1S/C25H23N5O3/c1-32-23-13-19(25(33-2)29-28-23)18-9-11-26-21-14-30(22(15-31)24(18)21)12-10-17-8-7-16-5-3-4-6-20(16)27-17/h3-9,11,13,15,22H,10,12,14H2,1-2H3. The molecule has 8 nitrogen and oxygen atoms in total. The molecule has 166 valence electrons. The lowest BCUT2D eigenvalue weighted by Crippen LogP contribution is -2.26. The summed E-state index contributed by atoms with van der Waals surface area (Å²) in [4.78, 5) is 23.7. The molecule has 0 spiro atoms. The number of aromatic nitrogens is 4. The Bertz CT molecular complexity index is 1330. The minimum atomic E-state index is -0.423. The molecule has 3 aromatic heterocycles. The Morgan fingerprint density at radius 3 is 2.76 bits per heavy atom. The topological polar surface area (TPSA) is 90.3 Å². The Balaban J connectivity index is 1.45. The van der Waals surface area contributed by atoms with E-state index >= 15 is 0 Å². The smallest absolute Gasteiger partial charge is 0.241 e. The maximum absolute atomic E-state index is 12.3. The fourth-order valence-electron chi connectivity index (χ4n) is 4.36. The van der Waals surface area contributed by atoms with Crippen molar-refractivity contribution in [2.75, 3.05) is 20.8 Å². The summed E-state index contributed by atoms with van der Waals surface area (Å²) in [5, 5.41) is 9.21. The van der Waals surface area contributed by atoms with Crippen LogP contribution in [-0.4, -0.2) is 52.1 Å². The van der Waals surface area contributed by atoms with E-state index in [2.05, 4.69) is 32.2 Å². The summed E-state index contributed by atoms with van der Waals surface area (Å²) in [6.45, 7) is 1.26. The van der Waals surface area contributed by atoms with Gasteiger partial charge >= 0.3 is 0 Å². The van der Waals surface area contributed by atoms with Gasteiger partial charge in [-0.1, -0.05) is 24.3 Å². The summed E-state index contributed by atoms with van der Waals surface area (Å²) in [6.07, 6.45) is 3.45. The Morgan fingerprint density at radius 2 is 1.94 bits per heavy atom. The number of methoxy groups -OCH3 is 2. The Morgan fingerprint density at radius 1 is 1.06 bits per heavy atom. The average molecular weight is 441 g/mol. The van der Waals surface area contributed by atoms with E-state index in [4.69, 9.17) is 14.5 Å². The maximum Gasteiger partial charge on any atom is 0.241 e. The van der Waals surface area contributed by atoms with E-state index in [9.17, 15) is 4.79 Å². The number of hydrogen-bond acceptors (Lipinski definition) is 8. The van der Waals surface area contributed by atoms with Crippen LogP contribution < -0.4 is 9.47 Å². The van der Waals surface area contributed by atoms with Gasteiger partial charge in [0.15, 0.2) is 0 Å². The van der Waals surface area contributed by atoms with E-state index in [0.29, 0.717) is 30.4 Å². The summed E-state index contributed by atoms with van der Waals surface area (Å²) in [6, 6.07) is 15.4. The Hall–Kier alpha value is -3.91. The van der Waals surface area contributed by atoms with Gasteiger partial charge in [-0.25, -0.2) is 0 Å². The van der Waals surface area contributed by atoms with Crippen LogP contribution in [0.4, 0.5) is 0 Å². The van der Waals surface area contributed by atoms with Crippen LogP contribution in [-0.2, 0) is 17.8 Å². The van der Waals surface area contributed by atoms with Crippen molar-refractivity contribution < 1.29 is 14.3 Å². The molecule has 0 fully saturated rings. The van der Waals surface area contributed by atoms with Crippen molar-refractivity contribution in [1.29, 1.82) is 0 Å². The monoisotopic (exact) mass is 441 g/mol. The predicted octanol–water partition coefficient (Wildman–Crippen LogP) is 3.40. The second kappa shape index (κ2) is 8.91. The van der Waals surface area contributed by atoms with Crippen LogP contribution in [0.5, 0.6) is 11.8 Å². The number of ether oxygens (including phenoxy) is 2. The number of rotatable bonds is 7. The molecule has 1 atom stereocenters. The van der Waals surface area contributed by atoms with Crippen LogP contribution in [0.3, 0.4) is 0 Å². The van der Waals surface area contributed by atoms with E-state index in [1.165, 1.54) is 7.11 Å². The van der Waals surface area contributed by atoms with E-state index in [1.807, 2.05) is 30.3 Å². The summed E-state index contributed by atoms with van der Waals surface area (Å²) in [7, 11) is 3.08. The number of carbonyl (C=O) groups excluding carboxylic acids is 1. The minimum Gasteiger partial charge on any atom is -0.480 e. The number of carbonyl (C=O) groups is 1. The molecule has 0 radical (unpaired) electrons. The number of pyridine rings is 2. The van der Waals surface area contributed by atoms with Crippen molar-refractivity contribution in [3.05, 3.63) is 71.7 Å². The van der Waals surface area contributed by atoms with E-state index in [1.54, 1.807) is 19.4 Å². The van der Waals surface area contributed by atoms with Gasteiger partial charge in [0.2, 0.25) is 11.8 Å². The quantitative estimate of drug-likeness (QED) is 0.403. The van der Waals surface area contributed by atoms with E-state index in [0.717, 1.165) is 46.1 Å². The molecule has 0 aliphatic carbocycles. The van der Waals surface area contributed by atoms with Crippen molar-refractivity contribution in [1.82, 2.24) is 25.1 Å². The van der Waals surface area contributed by atoms with Crippen molar-refractivity contribution in [2.24, 2.45) is 0 Å². The van der Waals surface area contributed by atoms with Gasteiger partial charge in [0.1, 0.15) is 6.29 Å². The molecular weight excluding hydrogens is 418 g/mol. The van der Waals surface area contributed by atoms with Crippen LogP contribution in [0, 0.1) is 0 Å². The Kier molecular flexibility index (Phi) is 5.66. The molecule has 0 saturated carbocycles. The third kappa shape index (κ3) is 3.89. The number of hydrogen-bond donors (Lipinski definition) is 0. The number of para-hydroxylation sites is 1. The number of benzene rings is 1. The fraction of sp³-hybridized carbons (Fsp3) is 0.240. The first-order valence-electron chi connectivity index (χ1n) is 10.7. The molecule has 4 heterocycles.